The minimum atomic E-state index is -0.146. The van der Waals surface area contributed by atoms with E-state index in [1.165, 1.54) is 0 Å². The molecular weight excluding hydrogens is 360 g/mol. The van der Waals surface area contributed by atoms with E-state index in [-0.39, 0.29) is 5.91 Å². The zero-order valence-corrected chi connectivity index (χ0v) is 15.5. The molecule has 0 radical (unpaired) electrons. The molecule has 0 atom stereocenters. The number of hydrogen-bond donors (Lipinski definition) is 1. The number of halogens is 1. The van der Waals surface area contributed by atoms with Gasteiger partial charge in [-0.2, -0.15) is 0 Å². The Hall–Kier alpha value is -3.11. The van der Waals surface area contributed by atoms with Crippen molar-refractivity contribution in [2.24, 2.45) is 0 Å². The Kier molecular flexibility index (Phi) is 4.65. The van der Waals surface area contributed by atoms with E-state index in [4.69, 9.17) is 16.0 Å². The highest BCUT2D eigenvalue weighted by atomic mass is 35.5. The summed E-state index contributed by atoms with van der Waals surface area (Å²) in [6.07, 6.45) is 0.513. The van der Waals surface area contributed by atoms with Gasteiger partial charge in [-0.15, -0.1) is 0 Å². The lowest BCUT2D eigenvalue weighted by Crippen LogP contribution is -2.13. The molecule has 1 N–H and O–H groups in total. The third kappa shape index (κ3) is 3.71. The molecular formula is C22H17ClN2O2. The van der Waals surface area contributed by atoms with Crippen molar-refractivity contribution in [3.8, 4) is 0 Å². The summed E-state index contributed by atoms with van der Waals surface area (Å²) in [6, 6.07) is 20.5. The number of aryl methyl sites for hydroxylation is 1. The summed E-state index contributed by atoms with van der Waals surface area (Å²) in [5.41, 5.74) is 4.58. The fourth-order valence-corrected chi connectivity index (χ4v) is 3.16. The second-order valence-corrected chi connectivity index (χ2v) is 6.73. The van der Waals surface area contributed by atoms with Gasteiger partial charge in [-0.05, 0) is 48.4 Å². The number of hydrogen-bond acceptors (Lipinski definition) is 3. The Morgan fingerprint density at radius 2 is 1.85 bits per heavy atom. The predicted molar refractivity (Wildman–Crippen MR) is 107 cm³/mol. The van der Waals surface area contributed by atoms with E-state index in [2.05, 4.69) is 10.3 Å². The van der Waals surface area contributed by atoms with Gasteiger partial charge in [0, 0.05) is 16.3 Å². The van der Waals surface area contributed by atoms with Crippen molar-refractivity contribution in [3.05, 3.63) is 94.3 Å². The zero-order valence-electron chi connectivity index (χ0n) is 14.7. The number of nitrogens with zero attached hydrogens (tertiary/aromatic N) is 1. The number of amides is 1. The van der Waals surface area contributed by atoms with Crippen LogP contribution in [-0.2, 0) is 6.42 Å². The molecule has 0 fully saturated rings. The SMILES string of the molecule is Cc1ccccc1C(=O)Nc1ccc2oc(Cc3ccccc3Cl)nc2c1. The van der Waals surface area contributed by atoms with Gasteiger partial charge in [0.1, 0.15) is 5.52 Å². The number of benzene rings is 3. The first-order chi connectivity index (χ1) is 13.1. The van der Waals surface area contributed by atoms with E-state index < -0.39 is 0 Å². The molecule has 0 aliphatic rings. The van der Waals surface area contributed by atoms with Gasteiger partial charge in [0.15, 0.2) is 11.5 Å². The minimum Gasteiger partial charge on any atom is -0.440 e. The van der Waals surface area contributed by atoms with Crippen LogP contribution in [0, 0.1) is 6.92 Å². The Morgan fingerprint density at radius 1 is 1.07 bits per heavy atom. The molecule has 4 nitrogen and oxygen atoms in total. The molecule has 0 unspecified atom stereocenters. The molecule has 27 heavy (non-hydrogen) atoms. The molecule has 5 heteroatoms. The zero-order chi connectivity index (χ0) is 18.8. The number of aromatic nitrogens is 1. The summed E-state index contributed by atoms with van der Waals surface area (Å²) >= 11 is 6.21. The number of anilines is 1. The summed E-state index contributed by atoms with van der Waals surface area (Å²) < 4.78 is 5.81. The van der Waals surface area contributed by atoms with Gasteiger partial charge in [-0.3, -0.25) is 4.79 Å². The van der Waals surface area contributed by atoms with E-state index in [0.29, 0.717) is 39.7 Å². The van der Waals surface area contributed by atoms with Crippen molar-refractivity contribution in [1.82, 2.24) is 4.98 Å². The topological polar surface area (TPSA) is 55.1 Å². The molecule has 0 bridgehead atoms. The first-order valence-electron chi connectivity index (χ1n) is 8.60. The molecule has 0 saturated heterocycles. The monoisotopic (exact) mass is 376 g/mol. The minimum absolute atomic E-state index is 0.146. The van der Waals surface area contributed by atoms with Crippen LogP contribution in [-0.4, -0.2) is 10.9 Å². The van der Waals surface area contributed by atoms with Gasteiger partial charge in [-0.1, -0.05) is 48.0 Å². The summed E-state index contributed by atoms with van der Waals surface area (Å²) in [4.78, 5) is 17.0. The van der Waals surface area contributed by atoms with Crippen LogP contribution >= 0.6 is 11.6 Å². The number of nitrogens with one attached hydrogen (secondary N) is 1. The molecule has 134 valence electrons. The molecule has 1 amide bonds. The van der Waals surface area contributed by atoms with Crippen molar-refractivity contribution in [2.75, 3.05) is 5.32 Å². The summed E-state index contributed by atoms with van der Waals surface area (Å²) in [6.45, 7) is 1.91. The average molecular weight is 377 g/mol. The van der Waals surface area contributed by atoms with Crippen LogP contribution in [0.4, 0.5) is 5.69 Å². The highest BCUT2D eigenvalue weighted by Gasteiger charge is 2.12. The number of rotatable bonds is 4. The molecule has 0 saturated carbocycles. The lowest BCUT2D eigenvalue weighted by molar-refractivity contribution is 0.102. The van der Waals surface area contributed by atoms with Gasteiger partial charge in [0.25, 0.3) is 5.91 Å². The van der Waals surface area contributed by atoms with E-state index >= 15 is 0 Å². The van der Waals surface area contributed by atoms with E-state index in [1.807, 2.05) is 67.6 Å². The normalized spacial score (nSPS) is 10.9. The fourth-order valence-electron chi connectivity index (χ4n) is 2.96. The molecule has 4 aromatic rings. The van der Waals surface area contributed by atoms with E-state index in [9.17, 15) is 4.79 Å². The molecule has 4 rings (SSSR count). The Bertz CT molecular complexity index is 1130. The first kappa shape index (κ1) is 17.3. The second kappa shape index (κ2) is 7.25. The molecule has 0 aliphatic carbocycles. The van der Waals surface area contributed by atoms with Crippen molar-refractivity contribution in [3.63, 3.8) is 0 Å². The first-order valence-corrected chi connectivity index (χ1v) is 8.98. The molecule has 0 spiro atoms. The molecule has 0 aliphatic heterocycles. The van der Waals surface area contributed by atoms with Gasteiger partial charge in [-0.25, -0.2) is 4.98 Å². The largest absolute Gasteiger partial charge is 0.440 e. The van der Waals surface area contributed by atoms with Crippen molar-refractivity contribution >= 4 is 34.3 Å². The van der Waals surface area contributed by atoms with Crippen LogP contribution in [0.2, 0.25) is 5.02 Å². The van der Waals surface area contributed by atoms with Crippen LogP contribution in [0.15, 0.2) is 71.1 Å². The number of oxazole rings is 1. The fraction of sp³-hybridized carbons (Fsp3) is 0.0909. The Labute approximate surface area is 161 Å². The van der Waals surface area contributed by atoms with Crippen LogP contribution in [0.1, 0.15) is 27.4 Å². The number of carbonyl (C=O) groups is 1. The molecule has 3 aromatic carbocycles. The van der Waals surface area contributed by atoms with Crippen molar-refractivity contribution < 1.29 is 9.21 Å². The summed E-state index contributed by atoms with van der Waals surface area (Å²) in [5, 5.41) is 3.60. The summed E-state index contributed by atoms with van der Waals surface area (Å²) in [5.74, 6) is 0.438. The second-order valence-electron chi connectivity index (χ2n) is 6.33. The maximum atomic E-state index is 12.5. The van der Waals surface area contributed by atoms with Crippen LogP contribution in [0.25, 0.3) is 11.1 Å². The highest BCUT2D eigenvalue weighted by Crippen LogP contribution is 2.24. The van der Waals surface area contributed by atoms with Crippen molar-refractivity contribution in [2.45, 2.75) is 13.3 Å². The van der Waals surface area contributed by atoms with Gasteiger partial charge >= 0.3 is 0 Å². The maximum Gasteiger partial charge on any atom is 0.255 e. The van der Waals surface area contributed by atoms with Gasteiger partial charge < -0.3 is 9.73 Å². The third-order valence-corrected chi connectivity index (χ3v) is 4.75. The number of carbonyl (C=O) groups excluding carboxylic acids is 1. The average Bonchev–Trinajstić information content (AvgIpc) is 3.05. The maximum absolute atomic E-state index is 12.5. The van der Waals surface area contributed by atoms with Crippen LogP contribution < -0.4 is 5.32 Å². The lowest BCUT2D eigenvalue weighted by Gasteiger charge is -2.07. The quantitative estimate of drug-likeness (QED) is 0.502. The van der Waals surface area contributed by atoms with E-state index in [1.54, 1.807) is 6.07 Å². The third-order valence-electron chi connectivity index (χ3n) is 4.38. The molecule has 1 heterocycles. The smallest absolute Gasteiger partial charge is 0.255 e. The lowest BCUT2D eigenvalue weighted by atomic mass is 10.1. The van der Waals surface area contributed by atoms with E-state index in [0.717, 1.165) is 11.1 Å². The Morgan fingerprint density at radius 3 is 2.67 bits per heavy atom. The van der Waals surface area contributed by atoms with Crippen LogP contribution in [0.5, 0.6) is 0 Å². The Balaban J connectivity index is 1.57. The summed E-state index contributed by atoms with van der Waals surface area (Å²) in [7, 11) is 0. The van der Waals surface area contributed by atoms with Crippen molar-refractivity contribution in [1.29, 1.82) is 0 Å². The van der Waals surface area contributed by atoms with Gasteiger partial charge in [0.2, 0.25) is 0 Å². The van der Waals surface area contributed by atoms with Crippen LogP contribution in [0.3, 0.4) is 0 Å². The highest BCUT2D eigenvalue weighted by molar-refractivity contribution is 6.31. The predicted octanol–water partition coefficient (Wildman–Crippen LogP) is 5.63. The number of fused-ring (bicyclic) bond motifs is 1. The van der Waals surface area contributed by atoms with Gasteiger partial charge in [0.05, 0.1) is 6.42 Å². The standard InChI is InChI=1S/C22H17ClN2O2/c1-14-6-2-4-8-17(14)22(26)24-16-10-11-20-19(13-16)25-21(27-20)12-15-7-3-5-9-18(15)23/h2-11,13H,12H2,1H3,(H,24,26). The molecule has 1 aromatic heterocycles.